The zero-order valence-corrected chi connectivity index (χ0v) is 12.1. The summed E-state index contributed by atoms with van der Waals surface area (Å²) in [6.45, 7) is 8.41. The van der Waals surface area contributed by atoms with Crippen LogP contribution >= 0.6 is 0 Å². The third kappa shape index (κ3) is 3.91. The highest BCUT2D eigenvalue weighted by atomic mass is 16.5. The lowest BCUT2D eigenvalue weighted by Gasteiger charge is -2.21. The van der Waals surface area contributed by atoms with Gasteiger partial charge in [0.2, 0.25) is 0 Å². The molecule has 0 aromatic heterocycles. The Labute approximate surface area is 110 Å². The molecular weight excluding hydrogens is 226 g/mol. The Kier molecular flexibility index (Phi) is 5.48. The number of rotatable bonds is 6. The van der Waals surface area contributed by atoms with Crippen LogP contribution in [-0.2, 0) is 0 Å². The zero-order valence-electron chi connectivity index (χ0n) is 12.1. The predicted molar refractivity (Wildman–Crippen MR) is 75.1 cm³/mol. The van der Waals surface area contributed by atoms with Gasteiger partial charge in [-0.05, 0) is 38.3 Å². The fraction of sp³-hybridized carbons (Fsp3) is 0.600. The Bertz CT molecular complexity index is 375. The molecule has 102 valence electrons. The van der Waals surface area contributed by atoms with Gasteiger partial charge in [-0.15, -0.1) is 0 Å². The van der Waals surface area contributed by atoms with Crippen LogP contribution in [0.25, 0.3) is 0 Å². The van der Waals surface area contributed by atoms with Crippen molar-refractivity contribution in [1.29, 1.82) is 0 Å². The monoisotopic (exact) mass is 251 g/mol. The average molecular weight is 251 g/mol. The van der Waals surface area contributed by atoms with E-state index in [4.69, 9.17) is 15.2 Å². The molecule has 1 aromatic rings. The highest BCUT2D eigenvalue weighted by Gasteiger charge is 2.16. The maximum absolute atomic E-state index is 6.01. The van der Waals surface area contributed by atoms with Gasteiger partial charge < -0.3 is 15.2 Å². The number of hydrogen-bond acceptors (Lipinski definition) is 3. The third-order valence-corrected chi connectivity index (χ3v) is 2.83. The van der Waals surface area contributed by atoms with Gasteiger partial charge in [0.25, 0.3) is 0 Å². The van der Waals surface area contributed by atoms with Crippen molar-refractivity contribution in [3.63, 3.8) is 0 Å². The van der Waals surface area contributed by atoms with E-state index >= 15 is 0 Å². The summed E-state index contributed by atoms with van der Waals surface area (Å²) < 4.78 is 11.4. The van der Waals surface area contributed by atoms with E-state index in [1.807, 2.05) is 25.1 Å². The van der Waals surface area contributed by atoms with Crippen LogP contribution in [0.5, 0.6) is 11.5 Å². The first-order valence-corrected chi connectivity index (χ1v) is 6.54. The van der Waals surface area contributed by atoms with Crippen molar-refractivity contribution in [2.24, 2.45) is 11.7 Å². The van der Waals surface area contributed by atoms with Crippen molar-refractivity contribution in [1.82, 2.24) is 0 Å². The van der Waals surface area contributed by atoms with Crippen LogP contribution in [0.4, 0.5) is 0 Å². The highest BCUT2D eigenvalue weighted by molar-refractivity contribution is 5.46. The molecule has 0 saturated heterocycles. The molecule has 3 heteroatoms. The maximum atomic E-state index is 6.01. The van der Waals surface area contributed by atoms with Crippen LogP contribution in [0.15, 0.2) is 18.2 Å². The molecule has 0 aliphatic rings. The molecule has 2 atom stereocenters. The summed E-state index contributed by atoms with van der Waals surface area (Å²) >= 11 is 0. The first-order valence-electron chi connectivity index (χ1n) is 6.54. The molecule has 2 N–H and O–H groups in total. The Balaban J connectivity index is 2.94. The van der Waals surface area contributed by atoms with Crippen molar-refractivity contribution in [3.8, 4) is 11.5 Å². The normalized spacial score (nSPS) is 14.4. The summed E-state index contributed by atoms with van der Waals surface area (Å²) in [6, 6.07) is 5.70. The molecule has 0 heterocycles. The van der Waals surface area contributed by atoms with E-state index < -0.39 is 0 Å². The molecule has 0 bridgehead atoms. The van der Waals surface area contributed by atoms with Crippen molar-refractivity contribution in [2.45, 2.75) is 46.3 Å². The second-order valence-corrected chi connectivity index (χ2v) is 5.22. The van der Waals surface area contributed by atoms with Gasteiger partial charge in [-0.1, -0.05) is 19.9 Å². The molecule has 1 unspecified atom stereocenters. The van der Waals surface area contributed by atoms with E-state index in [9.17, 15) is 0 Å². The lowest BCUT2D eigenvalue weighted by atomic mass is 10.1. The van der Waals surface area contributed by atoms with Gasteiger partial charge in [-0.25, -0.2) is 0 Å². The second-order valence-electron chi connectivity index (χ2n) is 5.22. The van der Waals surface area contributed by atoms with Crippen LogP contribution in [0.3, 0.4) is 0 Å². The quantitative estimate of drug-likeness (QED) is 0.841. The van der Waals surface area contributed by atoms with Gasteiger partial charge in [-0.3, -0.25) is 0 Å². The van der Waals surface area contributed by atoms with Gasteiger partial charge in [0.1, 0.15) is 11.5 Å². The summed E-state index contributed by atoms with van der Waals surface area (Å²) in [5, 5.41) is 0. The minimum Gasteiger partial charge on any atom is -0.496 e. The first-order chi connectivity index (χ1) is 8.45. The molecular formula is C15H25NO2. The van der Waals surface area contributed by atoms with Crippen molar-refractivity contribution in [3.05, 3.63) is 23.8 Å². The molecule has 0 fully saturated rings. The SMILES string of the molecule is COc1cccc(OC(C)CC(C)C)c1[C@H](C)N. The fourth-order valence-electron chi connectivity index (χ4n) is 2.18. The molecule has 1 rings (SSSR count). The summed E-state index contributed by atoms with van der Waals surface area (Å²) in [4.78, 5) is 0. The fourth-order valence-corrected chi connectivity index (χ4v) is 2.18. The summed E-state index contributed by atoms with van der Waals surface area (Å²) in [5.41, 5.74) is 6.95. The Hall–Kier alpha value is -1.22. The minimum atomic E-state index is -0.109. The van der Waals surface area contributed by atoms with E-state index in [0.717, 1.165) is 23.5 Å². The topological polar surface area (TPSA) is 44.5 Å². The summed E-state index contributed by atoms with van der Waals surface area (Å²) in [6.07, 6.45) is 1.20. The van der Waals surface area contributed by atoms with E-state index in [1.54, 1.807) is 7.11 Å². The smallest absolute Gasteiger partial charge is 0.128 e. The van der Waals surface area contributed by atoms with E-state index in [-0.39, 0.29) is 12.1 Å². The van der Waals surface area contributed by atoms with Crippen LogP contribution in [0.2, 0.25) is 0 Å². The van der Waals surface area contributed by atoms with Gasteiger partial charge in [0.15, 0.2) is 0 Å². The van der Waals surface area contributed by atoms with Gasteiger partial charge >= 0.3 is 0 Å². The zero-order chi connectivity index (χ0) is 13.7. The van der Waals surface area contributed by atoms with Gasteiger partial charge in [0.05, 0.1) is 18.8 Å². The molecule has 0 aliphatic carbocycles. The Morgan fingerprint density at radius 2 is 1.72 bits per heavy atom. The van der Waals surface area contributed by atoms with Crippen molar-refractivity contribution < 1.29 is 9.47 Å². The molecule has 0 aliphatic heterocycles. The second kappa shape index (κ2) is 6.64. The van der Waals surface area contributed by atoms with Gasteiger partial charge in [-0.2, -0.15) is 0 Å². The lowest BCUT2D eigenvalue weighted by Crippen LogP contribution is -2.17. The van der Waals surface area contributed by atoms with Crippen LogP contribution < -0.4 is 15.2 Å². The number of nitrogens with two attached hydrogens (primary N) is 1. The maximum Gasteiger partial charge on any atom is 0.128 e. The minimum absolute atomic E-state index is 0.109. The lowest BCUT2D eigenvalue weighted by molar-refractivity contribution is 0.190. The third-order valence-electron chi connectivity index (χ3n) is 2.83. The summed E-state index contributed by atoms with van der Waals surface area (Å²) in [7, 11) is 1.66. The van der Waals surface area contributed by atoms with E-state index in [2.05, 4.69) is 20.8 Å². The first kappa shape index (κ1) is 14.8. The molecule has 3 nitrogen and oxygen atoms in total. The van der Waals surface area contributed by atoms with E-state index in [1.165, 1.54) is 0 Å². The predicted octanol–water partition coefficient (Wildman–Crippen LogP) is 3.53. The number of ether oxygens (including phenoxy) is 2. The number of benzene rings is 1. The standard InChI is InChI=1S/C15H25NO2/c1-10(2)9-11(3)18-14-8-6-7-13(17-5)15(14)12(4)16/h6-8,10-12H,9,16H2,1-5H3/t11?,12-/m0/s1. The molecule has 18 heavy (non-hydrogen) atoms. The number of methoxy groups -OCH3 is 1. The molecule has 0 amide bonds. The van der Waals surface area contributed by atoms with Gasteiger partial charge in [0, 0.05) is 6.04 Å². The van der Waals surface area contributed by atoms with Crippen LogP contribution in [0, 0.1) is 5.92 Å². The Morgan fingerprint density at radius 1 is 1.11 bits per heavy atom. The van der Waals surface area contributed by atoms with Crippen molar-refractivity contribution in [2.75, 3.05) is 7.11 Å². The molecule has 1 aromatic carbocycles. The molecule has 0 saturated carbocycles. The largest absolute Gasteiger partial charge is 0.496 e. The van der Waals surface area contributed by atoms with E-state index in [0.29, 0.717) is 5.92 Å². The molecule has 0 spiro atoms. The van der Waals surface area contributed by atoms with Crippen LogP contribution in [0.1, 0.15) is 45.7 Å². The highest BCUT2D eigenvalue weighted by Crippen LogP contribution is 2.33. The molecule has 0 radical (unpaired) electrons. The van der Waals surface area contributed by atoms with Crippen molar-refractivity contribution >= 4 is 0 Å². The average Bonchev–Trinajstić information content (AvgIpc) is 2.26. The summed E-state index contributed by atoms with van der Waals surface area (Å²) in [5.74, 6) is 2.24. The van der Waals surface area contributed by atoms with Crippen LogP contribution in [-0.4, -0.2) is 13.2 Å². The Morgan fingerprint density at radius 3 is 2.22 bits per heavy atom. The number of hydrogen-bond donors (Lipinski definition) is 1.